The Morgan fingerprint density at radius 1 is 1.09 bits per heavy atom. The van der Waals surface area contributed by atoms with E-state index in [1.54, 1.807) is 0 Å². The van der Waals surface area contributed by atoms with Crippen molar-refractivity contribution in [3.63, 3.8) is 0 Å². The second-order valence-corrected chi connectivity index (χ2v) is 5.59. The summed E-state index contributed by atoms with van der Waals surface area (Å²) in [6, 6.07) is 13.8. The second-order valence-electron chi connectivity index (χ2n) is 5.59. The van der Waals surface area contributed by atoms with Crippen molar-refractivity contribution in [3.8, 4) is 5.75 Å². The molecule has 0 bridgehead atoms. The van der Waals surface area contributed by atoms with Crippen molar-refractivity contribution in [2.45, 2.75) is 40.2 Å². The Bertz CT molecular complexity index is 664. The fraction of sp³-hybridized carbons (Fsp3) is 0.316. The molecule has 3 nitrogen and oxygen atoms in total. The van der Waals surface area contributed by atoms with Crippen molar-refractivity contribution >= 4 is 11.6 Å². The number of nitrogens with one attached hydrogen (secondary N) is 1. The van der Waals surface area contributed by atoms with Crippen LogP contribution in [-0.4, -0.2) is 12.0 Å². The molecule has 3 heteroatoms. The minimum absolute atomic E-state index is 0.113. The fourth-order valence-corrected chi connectivity index (χ4v) is 2.24. The normalized spacial score (nSPS) is 11.8. The molecule has 1 atom stereocenters. The summed E-state index contributed by atoms with van der Waals surface area (Å²) in [6.45, 7) is 7.93. The smallest absolute Gasteiger partial charge is 0.265 e. The molecule has 0 aliphatic carbocycles. The topological polar surface area (TPSA) is 38.3 Å². The molecule has 2 aromatic carbocycles. The van der Waals surface area contributed by atoms with Crippen molar-refractivity contribution < 1.29 is 9.53 Å². The van der Waals surface area contributed by atoms with Crippen molar-refractivity contribution in [2.24, 2.45) is 0 Å². The molecular formula is C19H23NO2. The molecule has 0 unspecified atom stereocenters. The van der Waals surface area contributed by atoms with Crippen molar-refractivity contribution in [2.75, 3.05) is 5.32 Å². The Morgan fingerprint density at radius 2 is 1.82 bits per heavy atom. The van der Waals surface area contributed by atoms with Gasteiger partial charge in [0.25, 0.3) is 5.91 Å². The van der Waals surface area contributed by atoms with Gasteiger partial charge in [-0.25, -0.2) is 0 Å². The van der Waals surface area contributed by atoms with Crippen molar-refractivity contribution in [3.05, 3.63) is 59.2 Å². The van der Waals surface area contributed by atoms with Crippen LogP contribution in [-0.2, 0) is 4.79 Å². The monoisotopic (exact) mass is 297 g/mol. The number of carbonyl (C=O) groups is 1. The number of carbonyl (C=O) groups excluding carboxylic acids is 1. The van der Waals surface area contributed by atoms with Crippen LogP contribution in [0.2, 0.25) is 0 Å². The average Bonchev–Trinajstić information content (AvgIpc) is 2.50. The summed E-state index contributed by atoms with van der Waals surface area (Å²) >= 11 is 0. The van der Waals surface area contributed by atoms with Crippen LogP contribution in [0.5, 0.6) is 5.75 Å². The molecular weight excluding hydrogens is 274 g/mol. The highest BCUT2D eigenvalue weighted by Crippen LogP contribution is 2.22. The van der Waals surface area contributed by atoms with E-state index in [1.165, 1.54) is 0 Å². The standard InChI is InChI=1S/C19H23NO2/c1-5-17(22-18-12-13(2)10-11-15(18)4)19(21)20-16-9-7-6-8-14(16)3/h6-12,17H,5H2,1-4H3,(H,20,21)/t17-/m0/s1. The minimum atomic E-state index is -0.500. The van der Waals surface area contributed by atoms with Gasteiger partial charge in [-0.15, -0.1) is 0 Å². The number of aryl methyl sites for hydroxylation is 3. The molecule has 2 rings (SSSR count). The highest BCUT2D eigenvalue weighted by Gasteiger charge is 2.19. The van der Waals surface area contributed by atoms with Gasteiger partial charge in [0.05, 0.1) is 0 Å². The highest BCUT2D eigenvalue weighted by atomic mass is 16.5. The van der Waals surface area contributed by atoms with Gasteiger partial charge in [0, 0.05) is 5.69 Å². The predicted octanol–water partition coefficient (Wildman–Crippen LogP) is 4.41. The molecule has 1 amide bonds. The molecule has 0 saturated carbocycles. The van der Waals surface area contributed by atoms with Crippen molar-refractivity contribution in [1.82, 2.24) is 0 Å². The molecule has 0 aliphatic rings. The SMILES string of the molecule is CC[C@H](Oc1cc(C)ccc1C)C(=O)Nc1ccccc1C. The number of para-hydroxylation sites is 1. The Kier molecular flexibility index (Phi) is 5.21. The van der Waals surface area contributed by atoms with Gasteiger partial charge < -0.3 is 10.1 Å². The summed E-state index contributed by atoms with van der Waals surface area (Å²) in [5.41, 5.74) is 4.02. The minimum Gasteiger partial charge on any atom is -0.480 e. The zero-order valence-electron chi connectivity index (χ0n) is 13.6. The molecule has 2 aromatic rings. The summed E-state index contributed by atoms with van der Waals surface area (Å²) < 4.78 is 5.94. The maximum atomic E-state index is 12.5. The quantitative estimate of drug-likeness (QED) is 0.888. The van der Waals surface area contributed by atoms with Crippen LogP contribution in [0.4, 0.5) is 5.69 Å². The molecule has 0 radical (unpaired) electrons. The lowest BCUT2D eigenvalue weighted by molar-refractivity contribution is -0.122. The lowest BCUT2D eigenvalue weighted by atomic mass is 10.1. The van der Waals surface area contributed by atoms with Gasteiger partial charge in [0.2, 0.25) is 0 Å². The van der Waals surface area contributed by atoms with Gasteiger partial charge in [-0.2, -0.15) is 0 Å². The first-order chi connectivity index (χ1) is 10.5. The molecule has 0 aromatic heterocycles. The van der Waals surface area contributed by atoms with Crippen LogP contribution in [0.25, 0.3) is 0 Å². The number of ether oxygens (including phenoxy) is 1. The first-order valence-electron chi connectivity index (χ1n) is 7.61. The number of hydrogen-bond donors (Lipinski definition) is 1. The maximum absolute atomic E-state index is 12.5. The van der Waals surface area contributed by atoms with E-state index in [9.17, 15) is 4.79 Å². The van der Waals surface area contributed by atoms with E-state index in [2.05, 4.69) is 5.32 Å². The van der Waals surface area contributed by atoms with E-state index in [1.807, 2.05) is 70.2 Å². The van der Waals surface area contributed by atoms with Crippen LogP contribution in [0.1, 0.15) is 30.0 Å². The van der Waals surface area contributed by atoms with E-state index in [-0.39, 0.29) is 5.91 Å². The lowest BCUT2D eigenvalue weighted by Gasteiger charge is -2.19. The van der Waals surface area contributed by atoms with Crippen LogP contribution >= 0.6 is 0 Å². The lowest BCUT2D eigenvalue weighted by Crippen LogP contribution is -2.32. The van der Waals surface area contributed by atoms with E-state index in [0.717, 1.165) is 28.1 Å². The maximum Gasteiger partial charge on any atom is 0.265 e. The summed E-state index contributed by atoms with van der Waals surface area (Å²) in [6.07, 6.45) is 0.116. The van der Waals surface area contributed by atoms with Crippen LogP contribution in [0, 0.1) is 20.8 Å². The summed E-state index contributed by atoms with van der Waals surface area (Å²) in [7, 11) is 0. The third-order valence-corrected chi connectivity index (χ3v) is 3.68. The Morgan fingerprint density at radius 3 is 2.50 bits per heavy atom. The van der Waals surface area contributed by atoms with Crippen LogP contribution in [0.3, 0.4) is 0 Å². The molecule has 116 valence electrons. The number of rotatable bonds is 5. The molecule has 0 spiro atoms. The van der Waals surface area contributed by atoms with E-state index < -0.39 is 6.10 Å². The van der Waals surface area contributed by atoms with Gasteiger partial charge in [-0.3, -0.25) is 4.79 Å². The molecule has 22 heavy (non-hydrogen) atoms. The molecule has 0 aliphatic heterocycles. The fourth-order valence-electron chi connectivity index (χ4n) is 2.24. The zero-order chi connectivity index (χ0) is 16.1. The van der Waals surface area contributed by atoms with E-state index in [4.69, 9.17) is 4.74 Å². The third kappa shape index (κ3) is 3.88. The number of hydrogen-bond acceptors (Lipinski definition) is 2. The summed E-state index contributed by atoms with van der Waals surface area (Å²) in [5, 5.41) is 2.95. The molecule has 0 heterocycles. The second kappa shape index (κ2) is 7.12. The predicted molar refractivity (Wildman–Crippen MR) is 90.4 cm³/mol. The van der Waals surface area contributed by atoms with Crippen LogP contribution < -0.4 is 10.1 Å². The first kappa shape index (κ1) is 16.1. The number of benzene rings is 2. The number of amides is 1. The number of anilines is 1. The van der Waals surface area contributed by atoms with E-state index >= 15 is 0 Å². The van der Waals surface area contributed by atoms with E-state index in [0.29, 0.717) is 6.42 Å². The third-order valence-electron chi connectivity index (χ3n) is 3.68. The summed E-state index contributed by atoms with van der Waals surface area (Å²) in [5.74, 6) is 0.657. The van der Waals surface area contributed by atoms with Gasteiger partial charge in [-0.05, 0) is 56.0 Å². The summed E-state index contributed by atoms with van der Waals surface area (Å²) in [4.78, 5) is 12.5. The van der Waals surface area contributed by atoms with Crippen LogP contribution in [0.15, 0.2) is 42.5 Å². The average molecular weight is 297 g/mol. The van der Waals surface area contributed by atoms with Gasteiger partial charge >= 0.3 is 0 Å². The largest absolute Gasteiger partial charge is 0.480 e. The van der Waals surface area contributed by atoms with Gasteiger partial charge in [-0.1, -0.05) is 37.3 Å². The Hall–Kier alpha value is -2.29. The molecule has 1 N–H and O–H groups in total. The molecule has 0 fully saturated rings. The Balaban J connectivity index is 2.12. The van der Waals surface area contributed by atoms with Gasteiger partial charge in [0.1, 0.15) is 5.75 Å². The highest BCUT2D eigenvalue weighted by molar-refractivity contribution is 5.95. The Labute approximate surface area is 132 Å². The van der Waals surface area contributed by atoms with Crippen molar-refractivity contribution in [1.29, 1.82) is 0 Å². The molecule has 0 saturated heterocycles. The first-order valence-corrected chi connectivity index (χ1v) is 7.61. The van der Waals surface area contributed by atoms with Gasteiger partial charge in [0.15, 0.2) is 6.10 Å². The zero-order valence-corrected chi connectivity index (χ0v) is 13.6.